The first-order chi connectivity index (χ1) is 20.1. The van der Waals surface area contributed by atoms with E-state index in [0.717, 1.165) is 31.4 Å². The van der Waals surface area contributed by atoms with E-state index in [4.69, 9.17) is 4.98 Å². The van der Waals surface area contributed by atoms with Crippen LogP contribution in [0.15, 0.2) is 61.2 Å². The number of alkyl halides is 3. The molecule has 7 nitrogen and oxygen atoms in total. The molecule has 4 aromatic rings. The fourth-order valence-electron chi connectivity index (χ4n) is 5.33. The number of nitriles is 1. The zero-order valence-corrected chi connectivity index (χ0v) is 23.4. The SMILES string of the molecule is C=CCN(c1nc(C#N)nc2nc(NC(C)c3cccc(F)c3)n(Cc3ccc(C(F)(F)F)cc3)c12)[C@H](C)C1CCC1. The number of hydrogen-bond donors (Lipinski definition) is 1. The highest BCUT2D eigenvalue weighted by Crippen LogP contribution is 2.37. The van der Waals surface area contributed by atoms with Gasteiger partial charge in [-0.05, 0) is 68.0 Å². The minimum Gasteiger partial charge on any atom is -0.349 e. The van der Waals surface area contributed by atoms with Gasteiger partial charge in [0.05, 0.1) is 18.2 Å². The standard InChI is InChI=1S/C31H31F4N7/c1-4-15-41(20(3)22-7-5-8-22)29-27-28(38-26(17-36)39-29)40-30(37-19(2)23-9-6-10-25(32)16-23)42(27)18-21-11-13-24(14-12-21)31(33,34)35/h4,6,9-14,16,19-20,22H,1,5,7-8,15,18H2,2-3H3,(H,37,38,39,40)/t19?,20-/m1/s1. The van der Waals surface area contributed by atoms with Crippen LogP contribution in [-0.4, -0.2) is 32.1 Å². The number of halogens is 4. The lowest BCUT2D eigenvalue weighted by Crippen LogP contribution is -2.42. The fraction of sp³-hybridized carbons (Fsp3) is 0.355. The topological polar surface area (TPSA) is 82.7 Å². The van der Waals surface area contributed by atoms with Crippen LogP contribution in [0.3, 0.4) is 0 Å². The van der Waals surface area contributed by atoms with Gasteiger partial charge in [-0.1, -0.05) is 36.8 Å². The number of hydrogen-bond acceptors (Lipinski definition) is 6. The van der Waals surface area contributed by atoms with Gasteiger partial charge in [-0.2, -0.15) is 33.4 Å². The van der Waals surface area contributed by atoms with Crippen LogP contribution in [-0.2, 0) is 12.7 Å². The van der Waals surface area contributed by atoms with Crippen molar-refractivity contribution in [3.05, 3.63) is 89.5 Å². The van der Waals surface area contributed by atoms with Crippen LogP contribution in [0.1, 0.15) is 61.7 Å². The first-order valence-electron chi connectivity index (χ1n) is 13.8. The number of nitrogens with one attached hydrogen (secondary N) is 1. The molecule has 2 heterocycles. The highest BCUT2D eigenvalue weighted by molar-refractivity contribution is 5.87. The summed E-state index contributed by atoms with van der Waals surface area (Å²) in [5.74, 6) is 0.883. The second kappa shape index (κ2) is 11.8. The Balaban J connectivity index is 1.66. The number of imidazole rings is 1. The lowest BCUT2D eigenvalue weighted by Gasteiger charge is -2.39. The van der Waals surface area contributed by atoms with E-state index >= 15 is 0 Å². The van der Waals surface area contributed by atoms with Crippen molar-refractivity contribution in [1.29, 1.82) is 5.26 Å². The van der Waals surface area contributed by atoms with Gasteiger partial charge in [-0.25, -0.2) is 4.39 Å². The van der Waals surface area contributed by atoms with E-state index in [1.807, 2.05) is 17.6 Å². The summed E-state index contributed by atoms with van der Waals surface area (Å²) in [7, 11) is 0. The van der Waals surface area contributed by atoms with E-state index in [1.165, 1.54) is 24.3 Å². The number of fused-ring (bicyclic) bond motifs is 1. The third-order valence-corrected chi connectivity index (χ3v) is 7.92. The first kappa shape index (κ1) is 29.0. The van der Waals surface area contributed by atoms with Crippen molar-refractivity contribution in [1.82, 2.24) is 19.5 Å². The lowest BCUT2D eigenvalue weighted by molar-refractivity contribution is -0.137. The molecule has 11 heteroatoms. The summed E-state index contributed by atoms with van der Waals surface area (Å²) in [5, 5.41) is 13.1. The Morgan fingerprint density at radius 1 is 1.14 bits per heavy atom. The molecule has 218 valence electrons. The van der Waals surface area contributed by atoms with E-state index in [9.17, 15) is 22.8 Å². The second-order valence-electron chi connectivity index (χ2n) is 10.7. The summed E-state index contributed by atoms with van der Waals surface area (Å²) < 4.78 is 55.6. The maximum atomic E-state index is 14.0. The van der Waals surface area contributed by atoms with Crippen LogP contribution in [0.25, 0.3) is 11.2 Å². The van der Waals surface area contributed by atoms with Crippen LogP contribution in [0.2, 0.25) is 0 Å². The molecule has 0 aliphatic heterocycles. The van der Waals surface area contributed by atoms with Gasteiger partial charge in [0.2, 0.25) is 11.8 Å². The molecule has 0 amide bonds. The van der Waals surface area contributed by atoms with E-state index in [0.29, 0.717) is 40.9 Å². The molecule has 5 rings (SSSR count). The molecule has 2 atom stereocenters. The lowest BCUT2D eigenvalue weighted by atomic mass is 9.79. The Bertz CT molecular complexity index is 1620. The predicted molar refractivity (Wildman–Crippen MR) is 153 cm³/mol. The van der Waals surface area contributed by atoms with Crippen molar-refractivity contribution < 1.29 is 17.6 Å². The van der Waals surface area contributed by atoms with Crippen molar-refractivity contribution >= 4 is 22.9 Å². The highest BCUT2D eigenvalue weighted by atomic mass is 19.4. The van der Waals surface area contributed by atoms with E-state index in [1.54, 1.807) is 18.2 Å². The van der Waals surface area contributed by atoms with Gasteiger partial charge in [0, 0.05) is 12.6 Å². The zero-order valence-electron chi connectivity index (χ0n) is 23.4. The van der Waals surface area contributed by atoms with Gasteiger partial charge >= 0.3 is 6.18 Å². The van der Waals surface area contributed by atoms with E-state index in [2.05, 4.69) is 33.7 Å². The molecule has 1 N–H and O–H groups in total. The van der Waals surface area contributed by atoms with Crippen molar-refractivity contribution in [3.63, 3.8) is 0 Å². The number of rotatable bonds is 10. The summed E-state index contributed by atoms with van der Waals surface area (Å²) >= 11 is 0. The maximum Gasteiger partial charge on any atom is 0.416 e. The third-order valence-electron chi connectivity index (χ3n) is 7.92. The molecule has 2 aromatic heterocycles. The van der Waals surface area contributed by atoms with Gasteiger partial charge in [0.1, 0.15) is 17.4 Å². The van der Waals surface area contributed by atoms with Crippen LogP contribution in [0.4, 0.5) is 29.3 Å². The predicted octanol–water partition coefficient (Wildman–Crippen LogP) is 7.26. The molecule has 1 unspecified atom stereocenters. The van der Waals surface area contributed by atoms with Gasteiger partial charge in [-0.3, -0.25) is 0 Å². The molecule has 0 spiro atoms. The largest absolute Gasteiger partial charge is 0.416 e. The summed E-state index contributed by atoms with van der Waals surface area (Å²) in [6.07, 6.45) is 0.632. The Morgan fingerprint density at radius 2 is 1.88 bits per heavy atom. The van der Waals surface area contributed by atoms with Crippen LogP contribution in [0.5, 0.6) is 0 Å². The molecule has 0 bridgehead atoms. The molecule has 1 fully saturated rings. The van der Waals surface area contributed by atoms with Crippen molar-refractivity contribution in [2.24, 2.45) is 5.92 Å². The third kappa shape index (κ3) is 5.93. The molecular formula is C31H31F4N7. The Labute approximate surface area is 241 Å². The van der Waals surface area contributed by atoms with Crippen molar-refractivity contribution in [3.8, 4) is 6.07 Å². The van der Waals surface area contributed by atoms with Crippen molar-refractivity contribution in [2.45, 2.75) is 57.9 Å². The van der Waals surface area contributed by atoms with Gasteiger partial charge < -0.3 is 14.8 Å². The quantitative estimate of drug-likeness (QED) is 0.158. The summed E-state index contributed by atoms with van der Waals surface area (Å²) in [4.78, 5) is 15.8. The normalized spacial score (nSPS) is 15.1. The highest BCUT2D eigenvalue weighted by Gasteiger charge is 2.32. The molecule has 1 saturated carbocycles. The van der Waals surface area contributed by atoms with Crippen molar-refractivity contribution in [2.75, 3.05) is 16.8 Å². The smallest absolute Gasteiger partial charge is 0.349 e. The fourth-order valence-corrected chi connectivity index (χ4v) is 5.33. The summed E-state index contributed by atoms with van der Waals surface area (Å²) in [6, 6.07) is 12.9. The van der Waals surface area contributed by atoms with Gasteiger partial charge in [0.25, 0.3) is 0 Å². The van der Waals surface area contributed by atoms with Gasteiger partial charge in [0.15, 0.2) is 11.5 Å². The zero-order chi connectivity index (χ0) is 30.0. The minimum absolute atomic E-state index is 0.0451. The Hall–Kier alpha value is -4.46. The number of aromatic nitrogens is 4. The van der Waals surface area contributed by atoms with E-state index in [-0.39, 0.29) is 35.9 Å². The average Bonchev–Trinajstić information content (AvgIpc) is 3.26. The van der Waals surface area contributed by atoms with Crippen LogP contribution < -0.4 is 10.2 Å². The summed E-state index contributed by atoms with van der Waals surface area (Å²) in [6.45, 7) is 8.51. The maximum absolute atomic E-state index is 14.0. The molecule has 2 aromatic carbocycles. The average molecular weight is 578 g/mol. The molecule has 0 saturated heterocycles. The first-order valence-corrected chi connectivity index (χ1v) is 13.8. The Kier molecular flexibility index (Phi) is 8.16. The number of anilines is 2. The molecule has 0 radical (unpaired) electrons. The molecule has 1 aliphatic carbocycles. The van der Waals surface area contributed by atoms with Crippen LogP contribution in [0, 0.1) is 23.1 Å². The number of benzene rings is 2. The van der Waals surface area contributed by atoms with E-state index < -0.39 is 11.7 Å². The molecule has 1 aliphatic rings. The minimum atomic E-state index is -4.45. The second-order valence-corrected chi connectivity index (χ2v) is 10.7. The number of nitrogens with zero attached hydrogens (tertiary/aromatic N) is 6. The summed E-state index contributed by atoms with van der Waals surface area (Å²) in [5.41, 5.74) is 1.34. The van der Waals surface area contributed by atoms with Gasteiger partial charge in [-0.15, -0.1) is 6.58 Å². The molecule has 42 heavy (non-hydrogen) atoms. The Morgan fingerprint density at radius 3 is 2.48 bits per heavy atom. The molecular weight excluding hydrogens is 546 g/mol. The van der Waals surface area contributed by atoms with Crippen LogP contribution >= 0.6 is 0 Å². The monoisotopic (exact) mass is 577 g/mol.